The number of rotatable bonds is 2. The van der Waals surface area contributed by atoms with E-state index in [0.717, 1.165) is 12.7 Å². The molecule has 1 fully saturated rings. The molecule has 19 heavy (non-hydrogen) atoms. The van der Waals surface area contributed by atoms with Crippen molar-refractivity contribution < 1.29 is 13.2 Å². The average molecular weight is 282 g/mol. The first-order valence-electron chi connectivity index (χ1n) is 6.14. The third-order valence-corrected chi connectivity index (χ3v) is 4.59. The molecule has 0 radical (unpaired) electrons. The number of hydrogen-bond donors (Lipinski definition) is 1. The van der Waals surface area contributed by atoms with Crippen molar-refractivity contribution in [1.29, 1.82) is 0 Å². The van der Waals surface area contributed by atoms with E-state index in [2.05, 4.69) is 0 Å². The Morgan fingerprint density at radius 3 is 2.63 bits per heavy atom. The minimum atomic E-state index is -3.32. The maximum Gasteiger partial charge on any atom is 0.253 e. The van der Waals surface area contributed by atoms with Crippen molar-refractivity contribution in [3.8, 4) is 0 Å². The maximum absolute atomic E-state index is 12.3. The lowest BCUT2D eigenvalue weighted by atomic mass is 10.1. The first-order valence-corrected chi connectivity index (χ1v) is 8.04. The number of likely N-dealkylation sites (tertiary alicyclic amines) is 1. The van der Waals surface area contributed by atoms with Crippen LogP contribution in [0, 0.1) is 6.92 Å². The summed E-state index contributed by atoms with van der Waals surface area (Å²) in [5.41, 5.74) is 6.83. The molecule has 1 aromatic carbocycles. The van der Waals surface area contributed by atoms with Crippen molar-refractivity contribution in [2.45, 2.75) is 24.3 Å². The minimum absolute atomic E-state index is 0.0174. The highest BCUT2D eigenvalue weighted by Crippen LogP contribution is 2.19. The molecule has 0 bridgehead atoms. The molecule has 1 aromatic rings. The highest BCUT2D eigenvalue weighted by atomic mass is 32.2. The molecule has 6 heteroatoms. The summed E-state index contributed by atoms with van der Waals surface area (Å²) in [4.78, 5) is 14.1. The molecule has 0 saturated carbocycles. The molecule has 1 atom stereocenters. The predicted molar refractivity (Wildman–Crippen MR) is 72.8 cm³/mol. The topological polar surface area (TPSA) is 80.5 Å². The van der Waals surface area contributed by atoms with Gasteiger partial charge in [-0.3, -0.25) is 4.79 Å². The summed E-state index contributed by atoms with van der Waals surface area (Å²) >= 11 is 0. The summed E-state index contributed by atoms with van der Waals surface area (Å²) in [6.45, 7) is 2.87. The fraction of sp³-hybridized carbons (Fsp3) is 0.462. The minimum Gasteiger partial charge on any atom is -0.337 e. The monoisotopic (exact) mass is 282 g/mol. The second-order valence-corrected chi connectivity index (χ2v) is 7.04. The van der Waals surface area contributed by atoms with Crippen molar-refractivity contribution in [3.63, 3.8) is 0 Å². The van der Waals surface area contributed by atoms with Crippen LogP contribution in [0.4, 0.5) is 0 Å². The van der Waals surface area contributed by atoms with E-state index in [4.69, 9.17) is 5.73 Å². The van der Waals surface area contributed by atoms with Crippen LogP contribution in [0.2, 0.25) is 0 Å². The predicted octanol–water partition coefficient (Wildman–Crippen LogP) is 0.572. The molecule has 1 heterocycles. The maximum atomic E-state index is 12.3. The zero-order valence-corrected chi connectivity index (χ0v) is 11.9. The normalized spacial score (nSPS) is 19.7. The van der Waals surface area contributed by atoms with Crippen LogP contribution in [0.25, 0.3) is 0 Å². The van der Waals surface area contributed by atoms with Gasteiger partial charge < -0.3 is 10.6 Å². The van der Waals surface area contributed by atoms with Gasteiger partial charge in [0.15, 0.2) is 9.84 Å². The molecular weight excluding hydrogens is 264 g/mol. The van der Waals surface area contributed by atoms with Gasteiger partial charge in [-0.15, -0.1) is 0 Å². The Labute approximate surface area is 113 Å². The zero-order chi connectivity index (χ0) is 14.2. The number of sulfone groups is 1. The average Bonchev–Trinajstić information content (AvgIpc) is 2.74. The van der Waals surface area contributed by atoms with E-state index in [-0.39, 0.29) is 16.8 Å². The fourth-order valence-electron chi connectivity index (χ4n) is 2.29. The fourth-order valence-corrected chi connectivity index (χ4v) is 3.28. The van der Waals surface area contributed by atoms with Gasteiger partial charge in [0.25, 0.3) is 5.91 Å². The zero-order valence-electron chi connectivity index (χ0n) is 11.1. The van der Waals surface area contributed by atoms with Crippen LogP contribution in [-0.4, -0.2) is 44.6 Å². The van der Waals surface area contributed by atoms with Crippen molar-refractivity contribution in [2.24, 2.45) is 5.73 Å². The largest absolute Gasteiger partial charge is 0.337 e. The Kier molecular flexibility index (Phi) is 3.64. The van der Waals surface area contributed by atoms with Crippen molar-refractivity contribution >= 4 is 15.7 Å². The number of hydrogen-bond acceptors (Lipinski definition) is 4. The van der Waals surface area contributed by atoms with Crippen molar-refractivity contribution in [1.82, 2.24) is 4.90 Å². The van der Waals surface area contributed by atoms with Gasteiger partial charge in [-0.2, -0.15) is 0 Å². The number of carbonyl (C=O) groups excluding carboxylic acids is 1. The number of amides is 1. The summed E-state index contributed by atoms with van der Waals surface area (Å²) in [7, 11) is -3.32. The smallest absolute Gasteiger partial charge is 0.253 e. The van der Waals surface area contributed by atoms with Crippen LogP contribution in [0.5, 0.6) is 0 Å². The van der Waals surface area contributed by atoms with E-state index in [9.17, 15) is 13.2 Å². The number of aryl methyl sites for hydroxylation is 1. The second-order valence-electron chi connectivity index (χ2n) is 5.05. The van der Waals surface area contributed by atoms with Crippen LogP contribution >= 0.6 is 0 Å². The Bertz CT molecular complexity index is 610. The van der Waals surface area contributed by atoms with Crippen molar-refractivity contribution in [3.05, 3.63) is 29.3 Å². The van der Waals surface area contributed by atoms with E-state index in [0.29, 0.717) is 24.2 Å². The molecule has 104 valence electrons. The van der Waals surface area contributed by atoms with E-state index in [1.807, 2.05) is 0 Å². The van der Waals surface area contributed by atoms with Gasteiger partial charge in [0.2, 0.25) is 0 Å². The van der Waals surface area contributed by atoms with Gasteiger partial charge in [0.1, 0.15) is 0 Å². The van der Waals surface area contributed by atoms with Crippen LogP contribution in [-0.2, 0) is 9.84 Å². The molecule has 0 spiro atoms. The first-order chi connectivity index (χ1) is 8.79. The molecule has 1 saturated heterocycles. The standard InChI is InChI=1S/C13H18N2O3S/c1-9-3-4-10(7-12(9)19(2,17)18)13(16)15-6-5-11(14)8-15/h3-4,7,11H,5-6,8,14H2,1-2H3. The van der Waals surface area contributed by atoms with Crippen LogP contribution in [0.15, 0.2) is 23.1 Å². The Balaban J connectivity index is 2.34. The van der Waals surface area contributed by atoms with Gasteiger partial charge in [-0.25, -0.2) is 8.42 Å². The van der Waals surface area contributed by atoms with E-state index in [1.165, 1.54) is 6.07 Å². The summed E-state index contributed by atoms with van der Waals surface area (Å²) in [5, 5.41) is 0. The van der Waals surface area contributed by atoms with E-state index in [1.54, 1.807) is 24.0 Å². The first kappa shape index (κ1) is 14.0. The van der Waals surface area contributed by atoms with Gasteiger partial charge in [-0.05, 0) is 31.0 Å². The van der Waals surface area contributed by atoms with Gasteiger partial charge in [0.05, 0.1) is 4.90 Å². The lowest BCUT2D eigenvalue weighted by Gasteiger charge is -2.16. The summed E-state index contributed by atoms with van der Waals surface area (Å²) in [6, 6.07) is 4.80. The SMILES string of the molecule is Cc1ccc(C(=O)N2CCC(N)C2)cc1S(C)(=O)=O. The number of nitrogens with two attached hydrogens (primary N) is 1. The van der Waals surface area contributed by atoms with Crippen LogP contribution < -0.4 is 5.73 Å². The number of benzene rings is 1. The highest BCUT2D eigenvalue weighted by molar-refractivity contribution is 7.90. The molecule has 5 nitrogen and oxygen atoms in total. The number of carbonyl (C=O) groups is 1. The Morgan fingerprint density at radius 1 is 1.42 bits per heavy atom. The Hall–Kier alpha value is -1.40. The molecule has 1 unspecified atom stereocenters. The summed E-state index contributed by atoms with van der Waals surface area (Å²) in [6.07, 6.45) is 1.94. The lowest BCUT2D eigenvalue weighted by Crippen LogP contribution is -2.32. The summed E-state index contributed by atoms with van der Waals surface area (Å²) < 4.78 is 23.3. The van der Waals surface area contributed by atoms with Gasteiger partial charge >= 0.3 is 0 Å². The van der Waals surface area contributed by atoms with Gasteiger partial charge in [-0.1, -0.05) is 6.07 Å². The van der Waals surface area contributed by atoms with Crippen molar-refractivity contribution in [2.75, 3.05) is 19.3 Å². The van der Waals surface area contributed by atoms with Crippen LogP contribution in [0.3, 0.4) is 0 Å². The van der Waals surface area contributed by atoms with E-state index < -0.39 is 9.84 Å². The molecule has 1 aliphatic heterocycles. The third-order valence-electron chi connectivity index (χ3n) is 3.35. The lowest BCUT2D eigenvalue weighted by molar-refractivity contribution is 0.0790. The third kappa shape index (κ3) is 2.96. The molecule has 1 amide bonds. The molecule has 2 rings (SSSR count). The molecule has 0 aliphatic carbocycles. The summed E-state index contributed by atoms with van der Waals surface area (Å²) in [5.74, 6) is -0.155. The molecule has 0 aromatic heterocycles. The molecule has 2 N–H and O–H groups in total. The van der Waals surface area contributed by atoms with E-state index >= 15 is 0 Å². The molecular formula is C13H18N2O3S. The quantitative estimate of drug-likeness (QED) is 0.860. The van der Waals surface area contributed by atoms with Gasteiger partial charge in [0, 0.05) is 31.0 Å². The molecule has 1 aliphatic rings. The Morgan fingerprint density at radius 2 is 2.11 bits per heavy atom. The highest BCUT2D eigenvalue weighted by Gasteiger charge is 2.25. The second kappa shape index (κ2) is 4.94. The van der Waals surface area contributed by atoms with Crippen LogP contribution in [0.1, 0.15) is 22.3 Å². The number of nitrogens with zero attached hydrogens (tertiary/aromatic N) is 1.